The molecule has 61 heavy (non-hydrogen) atoms. The van der Waals surface area contributed by atoms with Gasteiger partial charge in [-0.3, -0.25) is 29.5 Å². The van der Waals surface area contributed by atoms with E-state index >= 15 is 0 Å². The number of hydrogen-bond acceptors (Lipinski definition) is 12. The number of anilines is 3. The molecular weight excluding hydrogens is 781 g/mol. The first-order chi connectivity index (χ1) is 29.7. The zero-order valence-corrected chi connectivity index (χ0v) is 34.1. The molecule has 4 aromatic heterocycles. The molecule has 9 rings (SSSR count). The Morgan fingerprint density at radius 2 is 1.77 bits per heavy atom. The lowest BCUT2D eigenvalue weighted by atomic mass is 9.86. The van der Waals surface area contributed by atoms with Gasteiger partial charge in [-0.1, -0.05) is 24.4 Å². The van der Waals surface area contributed by atoms with Gasteiger partial charge in [-0.05, 0) is 74.4 Å². The van der Waals surface area contributed by atoms with Crippen LogP contribution in [0, 0.1) is 6.92 Å². The second-order valence-electron chi connectivity index (χ2n) is 16.3. The van der Waals surface area contributed by atoms with Crippen molar-refractivity contribution in [1.82, 2.24) is 44.8 Å². The third-order valence-corrected chi connectivity index (χ3v) is 12.2. The van der Waals surface area contributed by atoms with Crippen molar-refractivity contribution < 1.29 is 28.5 Å². The molecule has 0 spiro atoms. The number of hydrogen-bond donors (Lipinski definition) is 3. The largest absolute Gasteiger partial charge is 0.368 e. The molecule has 7 heterocycles. The van der Waals surface area contributed by atoms with Crippen molar-refractivity contribution in [2.75, 3.05) is 41.7 Å². The summed E-state index contributed by atoms with van der Waals surface area (Å²) < 4.78 is 7.37. The normalized spacial score (nSPS) is 18.4. The summed E-state index contributed by atoms with van der Waals surface area (Å²) in [5.41, 5.74) is 6.61. The fourth-order valence-electron chi connectivity index (χ4n) is 9.05. The highest BCUT2D eigenvalue weighted by Crippen LogP contribution is 2.37. The number of aromatic nitrogens is 6. The van der Waals surface area contributed by atoms with Crippen LogP contribution in [-0.4, -0.2) is 101 Å². The molecule has 4 aliphatic rings. The maximum atomic E-state index is 13.2. The van der Waals surface area contributed by atoms with Gasteiger partial charge in [0.25, 0.3) is 5.91 Å². The predicted molar refractivity (Wildman–Crippen MR) is 223 cm³/mol. The molecule has 18 heteroatoms. The number of pyridine rings is 1. The molecule has 3 aliphatic heterocycles. The number of urea groups is 1. The summed E-state index contributed by atoms with van der Waals surface area (Å²) in [6, 6.07) is 8.36. The molecule has 1 aliphatic carbocycles. The van der Waals surface area contributed by atoms with Crippen molar-refractivity contribution in [1.29, 1.82) is 0 Å². The van der Waals surface area contributed by atoms with Gasteiger partial charge in [0.1, 0.15) is 11.7 Å². The summed E-state index contributed by atoms with van der Waals surface area (Å²) >= 11 is 0. The lowest BCUT2D eigenvalue weighted by molar-refractivity contribution is -0.137. The number of imide groups is 1. The summed E-state index contributed by atoms with van der Waals surface area (Å²) in [6.45, 7) is 4.72. The second-order valence-corrected chi connectivity index (χ2v) is 16.3. The molecule has 1 aromatic carbocycles. The highest BCUT2D eigenvalue weighted by molar-refractivity contribution is 6.05. The van der Waals surface area contributed by atoms with Crippen molar-refractivity contribution in [2.24, 2.45) is 0 Å². The van der Waals surface area contributed by atoms with Crippen LogP contribution in [0.15, 0.2) is 53.4 Å². The van der Waals surface area contributed by atoms with E-state index in [2.05, 4.69) is 46.1 Å². The van der Waals surface area contributed by atoms with Crippen LogP contribution in [0.1, 0.15) is 103 Å². The van der Waals surface area contributed by atoms with Gasteiger partial charge in [-0.15, -0.1) is 0 Å². The van der Waals surface area contributed by atoms with E-state index in [9.17, 15) is 24.0 Å². The molecule has 18 nitrogen and oxygen atoms in total. The van der Waals surface area contributed by atoms with Crippen molar-refractivity contribution in [3.05, 3.63) is 77.2 Å². The van der Waals surface area contributed by atoms with Crippen LogP contribution in [0.25, 0.3) is 17.2 Å². The van der Waals surface area contributed by atoms with Crippen LogP contribution in [0.3, 0.4) is 0 Å². The number of amides is 6. The molecule has 2 saturated heterocycles. The van der Waals surface area contributed by atoms with Gasteiger partial charge < -0.3 is 29.9 Å². The quantitative estimate of drug-likeness (QED) is 0.119. The van der Waals surface area contributed by atoms with E-state index < -0.39 is 18.0 Å². The van der Waals surface area contributed by atoms with Crippen LogP contribution >= 0.6 is 0 Å². The van der Waals surface area contributed by atoms with E-state index in [4.69, 9.17) is 4.52 Å². The first kappa shape index (κ1) is 39.7. The Morgan fingerprint density at radius 3 is 2.57 bits per heavy atom. The molecule has 3 fully saturated rings. The summed E-state index contributed by atoms with van der Waals surface area (Å²) in [4.78, 5) is 82.7. The Labute approximate surface area is 351 Å². The maximum absolute atomic E-state index is 13.2. The van der Waals surface area contributed by atoms with Gasteiger partial charge >= 0.3 is 6.03 Å². The van der Waals surface area contributed by atoms with Gasteiger partial charge in [0, 0.05) is 75.2 Å². The lowest BCUT2D eigenvalue weighted by Gasteiger charge is -2.36. The minimum atomic E-state index is -0.647. The smallest absolute Gasteiger partial charge is 0.323 e. The third-order valence-electron chi connectivity index (χ3n) is 12.2. The molecular formula is C43H48N12O6. The Morgan fingerprint density at radius 1 is 0.934 bits per heavy atom. The van der Waals surface area contributed by atoms with E-state index in [1.54, 1.807) is 23.5 Å². The topological polar surface area (TPSA) is 213 Å². The van der Waals surface area contributed by atoms with Crippen molar-refractivity contribution in [3.63, 3.8) is 0 Å². The first-order valence-electron chi connectivity index (χ1n) is 21.2. The SMILES string of the molecule is Cc1cc(NC(=O)Nc2cnc3ccnn3c2C2CCCCC2)cnc1-c1noc(CCCCC(=O)N2CCN(c3ccc4c(c3)CN(C3CCC(=O)NC3=O)C4=O)CC2)n1. The van der Waals surface area contributed by atoms with E-state index in [0.29, 0.717) is 99.2 Å². The monoisotopic (exact) mass is 828 g/mol. The highest BCUT2D eigenvalue weighted by Gasteiger charge is 2.39. The molecule has 1 unspecified atom stereocenters. The van der Waals surface area contributed by atoms with Crippen LogP contribution in [-0.2, 0) is 27.3 Å². The number of aryl methyl sites for hydroxylation is 2. The average Bonchev–Trinajstić information content (AvgIpc) is 4.02. The van der Waals surface area contributed by atoms with Gasteiger partial charge in [-0.2, -0.15) is 10.1 Å². The number of carbonyl (C=O) groups is 5. The average molecular weight is 829 g/mol. The molecule has 0 radical (unpaired) electrons. The van der Waals surface area contributed by atoms with Gasteiger partial charge in [-0.25, -0.2) is 14.3 Å². The number of nitrogens with one attached hydrogen (secondary N) is 3. The summed E-state index contributed by atoms with van der Waals surface area (Å²) in [5, 5.41) is 16.9. The Bertz CT molecular complexity index is 2500. The Kier molecular flexibility index (Phi) is 11.1. The minimum Gasteiger partial charge on any atom is -0.368 e. The van der Waals surface area contributed by atoms with Gasteiger partial charge in [0.2, 0.25) is 29.4 Å². The molecule has 5 aromatic rings. The number of benzene rings is 1. The summed E-state index contributed by atoms with van der Waals surface area (Å²) in [6.07, 6.45) is 13.4. The fraction of sp³-hybridized carbons (Fsp3) is 0.442. The Balaban J connectivity index is 0.721. The molecule has 1 atom stereocenters. The number of piperazine rings is 1. The first-order valence-corrected chi connectivity index (χ1v) is 21.2. The van der Waals surface area contributed by atoms with Crippen LogP contribution < -0.4 is 20.9 Å². The summed E-state index contributed by atoms with van der Waals surface area (Å²) in [5.74, 6) is 0.292. The van der Waals surface area contributed by atoms with E-state index in [0.717, 1.165) is 53.8 Å². The van der Waals surface area contributed by atoms with Crippen molar-refractivity contribution in [2.45, 2.75) is 96.1 Å². The van der Waals surface area contributed by atoms with E-state index in [-0.39, 0.29) is 30.1 Å². The fourth-order valence-corrected chi connectivity index (χ4v) is 9.05. The number of unbranched alkanes of at least 4 members (excludes halogenated alkanes) is 1. The maximum Gasteiger partial charge on any atom is 0.323 e. The number of nitrogens with zero attached hydrogens (tertiary/aromatic N) is 9. The second kappa shape index (κ2) is 17.1. The van der Waals surface area contributed by atoms with E-state index in [1.807, 2.05) is 46.7 Å². The Hall–Kier alpha value is -6.72. The predicted octanol–water partition coefficient (Wildman–Crippen LogP) is 5.00. The molecule has 1 saturated carbocycles. The number of piperidine rings is 1. The van der Waals surface area contributed by atoms with Crippen molar-refractivity contribution >= 4 is 52.4 Å². The third kappa shape index (κ3) is 8.38. The van der Waals surface area contributed by atoms with Crippen LogP contribution in [0.2, 0.25) is 0 Å². The van der Waals surface area contributed by atoms with Crippen LogP contribution in [0.5, 0.6) is 0 Å². The summed E-state index contributed by atoms with van der Waals surface area (Å²) in [7, 11) is 0. The zero-order valence-electron chi connectivity index (χ0n) is 34.1. The number of carbonyl (C=O) groups excluding carboxylic acids is 5. The standard InChI is InChI=1S/C43H48N12O6/c1-26-21-29(47-43(60)48-32-24-44-34-15-16-46-55(34)39(32)27-7-3-2-4-8-27)23-45-38(26)40-50-36(61-51-40)9-5-6-10-37(57)53-19-17-52(18-20-53)30-11-12-31-28(22-30)25-54(42(31)59)33-13-14-35(56)49-41(33)58/h11-12,15-16,21-24,27,33H,2-10,13-14,17-20,25H2,1H3,(H2,47,48,60)(H,49,56,58). The van der Waals surface area contributed by atoms with E-state index in [1.165, 1.54) is 6.42 Å². The number of rotatable bonds is 11. The minimum absolute atomic E-state index is 0.104. The molecule has 3 N–H and O–H groups in total. The lowest BCUT2D eigenvalue weighted by Crippen LogP contribution is -2.52. The molecule has 316 valence electrons. The van der Waals surface area contributed by atoms with Crippen LogP contribution in [0.4, 0.5) is 21.9 Å². The van der Waals surface area contributed by atoms with Crippen molar-refractivity contribution in [3.8, 4) is 11.5 Å². The van der Waals surface area contributed by atoms with Gasteiger partial charge in [0.15, 0.2) is 5.65 Å². The number of fused-ring (bicyclic) bond motifs is 2. The highest BCUT2D eigenvalue weighted by atomic mass is 16.5. The zero-order chi connectivity index (χ0) is 42.0. The van der Waals surface area contributed by atoms with Gasteiger partial charge in [0.05, 0.1) is 35.7 Å². The molecule has 6 amide bonds. The molecule has 0 bridgehead atoms.